The molecule has 1 fully saturated rings. The molecule has 1 aromatic heterocycles. The van der Waals surface area contributed by atoms with E-state index in [4.69, 9.17) is 14.9 Å². The van der Waals surface area contributed by atoms with Crippen LogP contribution in [-0.4, -0.2) is 7.11 Å². The molecule has 0 aliphatic heterocycles. The third-order valence-electron chi connectivity index (χ3n) is 3.36. The highest BCUT2D eigenvalue weighted by Gasteiger charge is 2.32. The first-order chi connectivity index (χ1) is 8.61. The predicted molar refractivity (Wildman–Crippen MR) is 77.8 cm³/mol. The lowest BCUT2D eigenvalue weighted by molar-refractivity contribution is 0.412. The Balaban J connectivity index is 2.15. The monoisotopic (exact) mass is 373 g/mol. The lowest BCUT2D eigenvalue weighted by Gasteiger charge is -2.05. The summed E-state index contributed by atoms with van der Waals surface area (Å²) in [6.45, 7) is 0. The molecule has 18 heavy (non-hydrogen) atoms. The number of ether oxygens (including phenoxy) is 1. The molecule has 1 saturated carbocycles. The number of rotatable bonds is 3. The molecule has 0 bridgehead atoms. The Bertz CT molecular complexity index is 605. The highest BCUT2D eigenvalue weighted by molar-refractivity contribution is 9.11. The fraction of sp³-hybridized carbons (Fsp3) is 0.385. The summed E-state index contributed by atoms with van der Waals surface area (Å²) in [7, 11) is 1.65. The number of methoxy groups -OCH3 is 1. The van der Waals surface area contributed by atoms with E-state index >= 15 is 0 Å². The first-order valence-electron chi connectivity index (χ1n) is 5.83. The normalized spacial score (nSPS) is 17.1. The zero-order chi connectivity index (χ0) is 12.9. The van der Waals surface area contributed by atoms with Gasteiger partial charge in [-0.3, -0.25) is 0 Å². The van der Waals surface area contributed by atoms with E-state index in [0.29, 0.717) is 5.92 Å². The first kappa shape index (κ1) is 12.5. The van der Waals surface area contributed by atoms with E-state index in [1.165, 1.54) is 12.8 Å². The standard InChI is InChI=1S/C13H13Br2NO2/c1-17-9-5-8(14)13-7(11(9)15)4-10(18-13)12(16)6-2-3-6/h4-6,12H,2-3,16H2,1H3. The van der Waals surface area contributed by atoms with Gasteiger partial charge in [0.05, 0.1) is 22.1 Å². The highest BCUT2D eigenvalue weighted by atomic mass is 79.9. The molecular weight excluding hydrogens is 362 g/mol. The molecule has 0 radical (unpaired) electrons. The Labute approximate surface area is 122 Å². The van der Waals surface area contributed by atoms with Crippen molar-refractivity contribution in [2.75, 3.05) is 7.11 Å². The van der Waals surface area contributed by atoms with Crippen LogP contribution in [0.25, 0.3) is 11.0 Å². The summed E-state index contributed by atoms with van der Waals surface area (Å²) in [6, 6.07) is 3.90. The Morgan fingerprint density at radius 1 is 1.39 bits per heavy atom. The van der Waals surface area contributed by atoms with Crippen molar-refractivity contribution in [2.45, 2.75) is 18.9 Å². The van der Waals surface area contributed by atoms with Gasteiger partial charge in [-0.15, -0.1) is 0 Å². The summed E-state index contributed by atoms with van der Waals surface area (Å²) in [4.78, 5) is 0. The average Bonchev–Trinajstić information content (AvgIpc) is 3.11. The molecule has 2 N–H and O–H groups in total. The summed E-state index contributed by atoms with van der Waals surface area (Å²) in [5.74, 6) is 2.20. The molecule has 1 aliphatic rings. The molecule has 1 aromatic carbocycles. The molecule has 0 spiro atoms. The molecule has 3 rings (SSSR count). The largest absolute Gasteiger partial charge is 0.496 e. The Morgan fingerprint density at radius 2 is 2.11 bits per heavy atom. The van der Waals surface area contributed by atoms with Crippen molar-refractivity contribution in [3.8, 4) is 5.75 Å². The van der Waals surface area contributed by atoms with Crippen LogP contribution in [-0.2, 0) is 0 Å². The van der Waals surface area contributed by atoms with Crippen molar-refractivity contribution in [3.63, 3.8) is 0 Å². The van der Waals surface area contributed by atoms with E-state index in [9.17, 15) is 0 Å². The van der Waals surface area contributed by atoms with Gasteiger partial charge in [-0.25, -0.2) is 0 Å². The van der Waals surface area contributed by atoms with Gasteiger partial charge in [-0.1, -0.05) is 0 Å². The van der Waals surface area contributed by atoms with Crippen molar-refractivity contribution in [1.82, 2.24) is 0 Å². The van der Waals surface area contributed by atoms with Crippen LogP contribution in [0.2, 0.25) is 0 Å². The van der Waals surface area contributed by atoms with Crippen molar-refractivity contribution < 1.29 is 9.15 Å². The van der Waals surface area contributed by atoms with E-state index in [0.717, 1.165) is 31.4 Å². The summed E-state index contributed by atoms with van der Waals surface area (Å²) in [5, 5.41) is 0.993. The Kier molecular flexibility index (Phi) is 3.16. The zero-order valence-electron chi connectivity index (χ0n) is 9.87. The number of hydrogen-bond acceptors (Lipinski definition) is 3. The van der Waals surface area contributed by atoms with Gasteiger partial charge in [-0.2, -0.15) is 0 Å². The maximum atomic E-state index is 6.18. The lowest BCUT2D eigenvalue weighted by Crippen LogP contribution is -2.10. The summed E-state index contributed by atoms with van der Waals surface area (Å²) >= 11 is 7.05. The molecule has 2 aromatic rings. The second kappa shape index (κ2) is 4.54. The second-order valence-electron chi connectivity index (χ2n) is 4.63. The number of furan rings is 1. The van der Waals surface area contributed by atoms with Crippen LogP contribution in [0.3, 0.4) is 0 Å². The summed E-state index contributed by atoms with van der Waals surface area (Å²) in [6.07, 6.45) is 2.40. The molecule has 1 unspecified atom stereocenters. The van der Waals surface area contributed by atoms with Crippen LogP contribution in [0, 0.1) is 5.92 Å². The Morgan fingerprint density at radius 3 is 2.72 bits per heavy atom. The fourth-order valence-electron chi connectivity index (χ4n) is 2.13. The smallest absolute Gasteiger partial charge is 0.149 e. The van der Waals surface area contributed by atoms with Gasteiger partial charge in [0.2, 0.25) is 0 Å². The van der Waals surface area contributed by atoms with Crippen molar-refractivity contribution in [2.24, 2.45) is 11.7 Å². The number of hydrogen-bond donors (Lipinski definition) is 1. The first-order valence-corrected chi connectivity index (χ1v) is 7.41. The fourth-order valence-corrected chi connectivity index (χ4v) is 3.20. The average molecular weight is 375 g/mol. The topological polar surface area (TPSA) is 48.4 Å². The van der Waals surface area contributed by atoms with Gasteiger partial charge in [0, 0.05) is 5.39 Å². The molecular formula is C13H13Br2NO2. The van der Waals surface area contributed by atoms with Crippen molar-refractivity contribution >= 4 is 42.8 Å². The predicted octanol–water partition coefficient (Wildman–Crippen LogP) is 4.38. The number of nitrogens with two attached hydrogens (primary N) is 1. The summed E-state index contributed by atoms with van der Waals surface area (Å²) in [5.41, 5.74) is 6.99. The summed E-state index contributed by atoms with van der Waals surface area (Å²) < 4.78 is 13.0. The van der Waals surface area contributed by atoms with Crippen LogP contribution >= 0.6 is 31.9 Å². The van der Waals surface area contributed by atoms with Crippen LogP contribution < -0.4 is 10.5 Å². The maximum Gasteiger partial charge on any atom is 0.149 e. The lowest BCUT2D eigenvalue weighted by atomic mass is 10.1. The van der Waals surface area contributed by atoms with E-state index in [1.54, 1.807) is 7.11 Å². The van der Waals surface area contributed by atoms with Crippen LogP contribution in [0.15, 0.2) is 25.5 Å². The van der Waals surface area contributed by atoms with Crippen molar-refractivity contribution in [1.29, 1.82) is 0 Å². The molecule has 96 valence electrons. The van der Waals surface area contributed by atoms with Gasteiger partial charge < -0.3 is 14.9 Å². The molecule has 0 saturated heterocycles. The third-order valence-corrected chi connectivity index (χ3v) is 4.76. The SMILES string of the molecule is COc1cc(Br)c2oc(C(N)C3CC3)cc2c1Br. The van der Waals surface area contributed by atoms with E-state index in [-0.39, 0.29) is 6.04 Å². The van der Waals surface area contributed by atoms with Gasteiger partial charge >= 0.3 is 0 Å². The van der Waals surface area contributed by atoms with Gasteiger partial charge in [0.15, 0.2) is 0 Å². The molecule has 3 nitrogen and oxygen atoms in total. The molecule has 1 atom stereocenters. The quantitative estimate of drug-likeness (QED) is 0.867. The number of benzene rings is 1. The minimum atomic E-state index is 0.00203. The van der Waals surface area contributed by atoms with Crippen LogP contribution in [0.4, 0.5) is 0 Å². The van der Waals surface area contributed by atoms with E-state index < -0.39 is 0 Å². The molecule has 1 heterocycles. The molecule has 5 heteroatoms. The van der Waals surface area contributed by atoms with Gasteiger partial charge in [0.1, 0.15) is 17.1 Å². The molecule has 0 amide bonds. The van der Waals surface area contributed by atoms with Crippen LogP contribution in [0.1, 0.15) is 24.6 Å². The zero-order valence-corrected chi connectivity index (χ0v) is 13.0. The third kappa shape index (κ3) is 1.98. The molecule has 1 aliphatic carbocycles. The van der Waals surface area contributed by atoms with E-state index in [2.05, 4.69) is 31.9 Å². The van der Waals surface area contributed by atoms with E-state index in [1.807, 2.05) is 12.1 Å². The van der Waals surface area contributed by atoms with Gasteiger partial charge in [-0.05, 0) is 62.8 Å². The van der Waals surface area contributed by atoms with Gasteiger partial charge in [0.25, 0.3) is 0 Å². The highest BCUT2D eigenvalue weighted by Crippen LogP contribution is 2.44. The number of halogens is 2. The van der Waals surface area contributed by atoms with Crippen LogP contribution in [0.5, 0.6) is 5.75 Å². The maximum absolute atomic E-state index is 6.18. The number of fused-ring (bicyclic) bond motifs is 1. The van der Waals surface area contributed by atoms with Crippen molar-refractivity contribution in [3.05, 3.63) is 26.8 Å². The Hall–Kier alpha value is -0.520. The minimum Gasteiger partial charge on any atom is -0.496 e. The second-order valence-corrected chi connectivity index (χ2v) is 6.28. The minimum absolute atomic E-state index is 0.00203.